The van der Waals surface area contributed by atoms with Gasteiger partial charge in [-0.25, -0.2) is 4.79 Å². The molecule has 0 spiro atoms. The average molecular weight is 235 g/mol. The number of hydrogen-bond donors (Lipinski definition) is 2. The van der Waals surface area contributed by atoms with Crippen molar-refractivity contribution in [2.75, 3.05) is 36.8 Å². The summed E-state index contributed by atoms with van der Waals surface area (Å²) < 4.78 is 0. The second-order valence-corrected chi connectivity index (χ2v) is 4.36. The largest absolute Gasteiger partial charge is 0.465 e. The van der Waals surface area contributed by atoms with Crippen LogP contribution in [0.2, 0.25) is 0 Å². The number of amides is 1. The van der Waals surface area contributed by atoms with Gasteiger partial charge < -0.3 is 20.6 Å². The van der Waals surface area contributed by atoms with Crippen molar-refractivity contribution in [2.45, 2.75) is 6.92 Å². The Labute approximate surface area is 100 Å². The second-order valence-electron chi connectivity index (χ2n) is 4.36. The fourth-order valence-electron chi connectivity index (χ4n) is 2.13. The van der Waals surface area contributed by atoms with Crippen molar-refractivity contribution in [1.29, 1.82) is 0 Å². The molecule has 1 heterocycles. The zero-order valence-electron chi connectivity index (χ0n) is 9.89. The van der Waals surface area contributed by atoms with Crippen LogP contribution in [0.25, 0.3) is 0 Å². The molecule has 0 aliphatic carbocycles. The molecular weight excluding hydrogens is 218 g/mol. The smallest absolute Gasteiger partial charge is 0.407 e. The molecule has 1 saturated heterocycles. The van der Waals surface area contributed by atoms with Crippen molar-refractivity contribution in [3.8, 4) is 0 Å². The van der Waals surface area contributed by atoms with Gasteiger partial charge >= 0.3 is 6.09 Å². The summed E-state index contributed by atoms with van der Waals surface area (Å²) in [7, 11) is 0. The highest BCUT2D eigenvalue weighted by Gasteiger charge is 2.20. The first-order chi connectivity index (χ1) is 8.06. The number of carbonyl (C=O) groups is 1. The van der Waals surface area contributed by atoms with Gasteiger partial charge in [0.25, 0.3) is 0 Å². The van der Waals surface area contributed by atoms with Crippen LogP contribution in [0.4, 0.5) is 16.2 Å². The Morgan fingerprint density at radius 2 is 1.88 bits per heavy atom. The molecule has 0 aromatic heterocycles. The lowest BCUT2D eigenvalue weighted by atomic mass is 10.1. The van der Waals surface area contributed by atoms with E-state index in [2.05, 4.69) is 11.0 Å². The summed E-state index contributed by atoms with van der Waals surface area (Å²) in [6, 6.07) is 5.94. The molecule has 1 aromatic carbocycles. The average Bonchev–Trinajstić information content (AvgIpc) is 2.28. The van der Waals surface area contributed by atoms with E-state index >= 15 is 0 Å². The van der Waals surface area contributed by atoms with Crippen molar-refractivity contribution >= 4 is 17.5 Å². The molecule has 0 bridgehead atoms. The summed E-state index contributed by atoms with van der Waals surface area (Å²) in [5, 5.41) is 8.87. The van der Waals surface area contributed by atoms with E-state index in [0.717, 1.165) is 30.0 Å². The van der Waals surface area contributed by atoms with Crippen molar-refractivity contribution in [1.82, 2.24) is 4.90 Å². The molecule has 0 radical (unpaired) electrons. The predicted octanol–water partition coefficient (Wildman–Crippen LogP) is 1.38. The van der Waals surface area contributed by atoms with E-state index in [9.17, 15) is 4.79 Å². The summed E-state index contributed by atoms with van der Waals surface area (Å²) in [5.74, 6) is 0. The minimum Gasteiger partial charge on any atom is -0.465 e. The third kappa shape index (κ3) is 2.61. The van der Waals surface area contributed by atoms with Crippen molar-refractivity contribution in [3.63, 3.8) is 0 Å². The monoisotopic (exact) mass is 235 g/mol. The second kappa shape index (κ2) is 4.53. The molecule has 5 nitrogen and oxygen atoms in total. The fraction of sp³-hybridized carbons (Fsp3) is 0.417. The minimum atomic E-state index is -0.839. The fourth-order valence-corrected chi connectivity index (χ4v) is 2.13. The summed E-state index contributed by atoms with van der Waals surface area (Å²) >= 11 is 0. The van der Waals surface area contributed by atoms with Gasteiger partial charge in [-0.3, -0.25) is 0 Å². The number of nitrogen functional groups attached to an aromatic ring is 1. The van der Waals surface area contributed by atoms with Gasteiger partial charge in [0.2, 0.25) is 0 Å². The Morgan fingerprint density at radius 1 is 1.24 bits per heavy atom. The number of benzene rings is 1. The molecule has 1 fully saturated rings. The van der Waals surface area contributed by atoms with Crippen LogP contribution >= 0.6 is 0 Å². The molecule has 1 amide bonds. The van der Waals surface area contributed by atoms with Gasteiger partial charge in [0.05, 0.1) is 0 Å². The van der Waals surface area contributed by atoms with E-state index in [1.54, 1.807) is 0 Å². The van der Waals surface area contributed by atoms with E-state index in [0.29, 0.717) is 13.1 Å². The number of anilines is 2. The summed E-state index contributed by atoms with van der Waals surface area (Å²) in [4.78, 5) is 14.4. The van der Waals surface area contributed by atoms with Gasteiger partial charge in [0, 0.05) is 37.6 Å². The standard InChI is InChI=1S/C12H17N3O2/c1-9-6-10(13)8-11(7-9)14-2-4-15(5-3-14)12(16)17/h6-8H,2-5,13H2,1H3,(H,16,17). The van der Waals surface area contributed by atoms with Gasteiger partial charge in [-0.2, -0.15) is 0 Å². The third-order valence-corrected chi connectivity index (χ3v) is 3.00. The van der Waals surface area contributed by atoms with Crippen LogP contribution in [-0.4, -0.2) is 42.3 Å². The molecule has 2 rings (SSSR count). The Morgan fingerprint density at radius 3 is 2.41 bits per heavy atom. The zero-order valence-corrected chi connectivity index (χ0v) is 9.89. The first-order valence-corrected chi connectivity index (χ1v) is 5.66. The molecule has 0 saturated carbocycles. The van der Waals surface area contributed by atoms with E-state index < -0.39 is 6.09 Å². The molecule has 1 aromatic rings. The van der Waals surface area contributed by atoms with Gasteiger partial charge in [-0.1, -0.05) is 0 Å². The number of rotatable bonds is 1. The van der Waals surface area contributed by atoms with Gasteiger partial charge in [0.15, 0.2) is 0 Å². The van der Waals surface area contributed by atoms with Crippen LogP contribution in [-0.2, 0) is 0 Å². The Bertz CT molecular complexity index is 406. The van der Waals surface area contributed by atoms with Crippen LogP contribution in [0.3, 0.4) is 0 Å². The molecule has 0 unspecified atom stereocenters. The van der Waals surface area contributed by atoms with Crippen molar-refractivity contribution in [2.24, 2.45) is 0 Å². The number of hydrogen-bond acceptors (Lipinski definition) is 3. The molecule has 5 heteroatoms. The first-order valence-electron chi connectivity index (χ1n) is 5.66. The maximum absolute atomic E-state index is 10.8. The molecular formula is C12H17N3O2. The van der Waals surface area contributed by atoms with Gasteiger partial charge in [0.1, 0.15) is 0 Å². The summed E-state index contributed by atoms with van der Waals surface area (Å²) in [6.07, 6.45) is -0.839. The van der Waals surface area contributed by atoms with Crippen LogP contribution in [0, 0.1) is 6.92 Å². The maximum atomic E-state index is 10.8. The minimum absolute atomic E-state index is 0.545. The van der Waals surface area contributed by atoms with Crippen molar-refractivity contribution < 1.29 is 9.90 Å². The highest BCUT2D eigenvalue weighted by Crippen LogP contribution is 2.21. The van der Waals surface area contributed by atoms with Crippen LogP contribution in [0.5, 0.6) is 0 Å². The summed E-state index contributed by atoms with van der Waals surface area (Å²) in [6.45, 7) is 4.53. The van der Waals surface area contributed by atoms with Crippen LogP contribution in [0.15, 0.2) is 18.2 Å². The number of aryl methyl sites for hydroxylation is 1. The lowest BCUT2D eigenvalue weighted by molar-refractivity contribution is 0.142. The molecule has 3 N–H and O–H groups in total. The Hall–Kier alpha value is -1.91. The number of nitrogens with zero attached hydrogens (tertiary/aromatic N) is 2. The molecule has 1 aliphatic rings. The molecule has 17 heavy (non-hydrogen) atoms. The predicted molar refractivity (Wildman–Crippen MR) is 67.4 cm³/mol. The SMILES string of the molecule is Cc1cc(N)cc(N2CCN(C(=O)O)CC2)c1. The lowest BCUT2D eigenvalue weighted by Gasteiger charge is -2.34. The number of piperazine rings is 1. The van der Waals surface area contributed by atoms with Crippen LogP contribution in [0.1, 0.15) is 5.56 Å². The number of carboxylic acid groups (broad SMARTS) is 1. The number of nitrogens with two attached hydrogens (primary N) is 1. The van der Waals surface area contributed by atoms with Crippen molar-refractivity contribution in [3.05, 3.63) is 23.8 Å². The lowest BCUT2D eigenvalue weighted by Crippen LogP contribution is -2.48. The van der Waals surface area contributed by atoms with E-state index in [1.165, 1.54) is 4.90 Å². The van der Waals surface area contributed by atoms with E-state index in [4.69, 9.17) is 10.8 Å². The van der Waals surface area contributed by atoms with Gasteiger partial charge in [-0.05, 0) is 30.7 Å². The van der Waals surface area contributed by atoms with E-state index in [-0.39, 0.29) is 0 Å². The van der Waals surface area contributed by atoms with Crippen LogP contribution < -0.4 is 10.6 Å². The summed E-state index contributed by atoms with van der Waals surface area (Å²) in [5.41, 5.74) is 8.76. The quantitative estimate of drug-likeness (QED) is 0.721. The molecule has 92 valence electrons. The molecule has 0 atom stereocenters. The third-order valence-electron chi connectivity index (χ3n) is 3.00. The Kier molecular flexibility index (Phi) is 3.08. The maximum Gasteiger partial charge on any atom is 0.407 e. The molecule has 1 aliphatic heterocycles. The Balaban J connectivity index is 2.07. The first kappa shape index (κ1) is 11.6. The highest BCUT2D eigenvalue weighted by molar-refractivity contribution is 5.66. The zero-order chi connectivity index (χ0) is 12.4. The topological polar surface area (TPSA) is 69.8 Å². The van der Waals surface area contributed by atoms with E-state index in [1.807, 2.05) is 19.1 Å². The normalized spacial score (nSPS) is 16.1. The highest BCUT2D eigenvalue weighted by atomic mass is 16.4. The van der Waals surface area contributed by atoms with Gasteiger partial charge in [-0.15, -0.1) is 0 Å².